The fourth-order valence-corrected chi connectivity index (χ4v) is 16.3. The van der Waals surface area contributed by atoms with Crippen molar-refractivity contribution in [1.29, 1.82) is 0 Å². The van der Waals surface area contributed by atoms with E-state index < -0.39 is 185 Å². The summed E-state index contributed by atoms with van der Waals surface area (Å²) in [4.78, 5) is 178. The number of aromatic hydroxyl groups is 2. The minimum Gasteiger partial charge on any atom is -0.508 e. The maximum absolute atomic E-state index is 14.7. The number of nitrogens with two attached hydrogens (primary N) is 7. The first-order chi connectivity index (χ1) is 60.7. The van der Waals surface area contributed by atoms with Gasteiger partial charge in [-0.3, -0.25) is 47.9 Å². The molecule has 3 heterocycles. The molecular weight excluding hydrogens is 1700 g/mol. The van der Waals surface area contributed by atoms with E-state index in [-0.39, 0.29) is 122 Å². The number of carbonyl (C=O) groups is 12. The van der Waals surface area contributed by atoms with Crippen molar-refractivity contribution in [3.05, 3.63) is 105 Å². The van der Waals surface area contributed by atoms with Crippen molar-refractivity contribution in [2.24, 2.45) is 46.1 Å². The van der Waals surface area contributed by atoms with Gasteiger partial charge in [0.25, 0.3) is 5.91 Å². The molecule has 42 heteroatoms. The van der Waals surface area contributed by atoms with E-state index in [1.54, 1.807) is 51.1 Å². The number of aliphatic hydroxyl groups is 2. The number of phenolic OH excluding ortho intramolecular Hbond substituents is 1. The summed E-state index contributed by atoms with van der Waals surface area (Å²) >= 11 is 0. The van der Waals surface area contributed by atoms with Crippen molar-refractivity contribution in [2.45, 2.75) is 268 Å². The van der Waals surface area contributed by atoms with Crippen LogP contribution in [0.25, 0.3) is 11.0 Å². The third-order valence-electron chi connectivity index (χ3n) is 21.1. The molecule has 11 amide bonds. The fraction of sp³-hybridized carbons (Fsp3) is 0.593. The maximum atomic E-state index is 14.7. The zero-order valence-electron chi connectivity index (χ0n) is 74.2. The molecule has 1 aromatic heterocycles. The van der Waals surface area contributed by atoms with Crippen LogP contribution in [-0.2, 0) is 75.0 Å². The summed E-state index contributed by atoms with van der Waals surface area (Å²) in [6.07, 6.45) is -0.640. The van der Waals surface area contributed by atoms with Crippen LogP contribution in [-0.4, -0.2) is 245 Å². The van der Waals surface area contributed by atoms with Gasteiger partial charge in [0.15, 0.2) is 23.6 Å². The van der Waals surface area contributed by atoms with Crippen LogP contribution in [0.3, 0.4) is 0 Å². The standard InChI is InChI=1S/C55H97N15O12S2.C31H36N2O11/c1-33(2)29-41-51(77)63-37(20-8-13-25-57)47(73)62-39(22-10-15-27-59)50(76)69-44(55(81)82)32-84-83-31-43(53(79)64-38(21-9-14-26-58)48(74)67-42(52(78)66-41)30-35-17-5-4-6-18-35)68-49(75)40(23-11-16-28-60)65-54(80)45(34(3)71)70-46(72)36(61)19-7-12-24-56;1-14(2)7-8-16-13-17(9-11-19(16)34)27(37)33-21-22(35)18-10-12-20(15(3)24(18)42-28(21)38)41-29-23(36)25(43-30(32)39)26(40-6)31(4,5)44-29/h4-6,17-18,33-34,36-45,71H,7-16,19-32,56-61H2,1-3H3,(H,62,73)(H,63,77)(H,64,79)(H,65,80)(H,66,78)(H,67,74)(H,68,75)(H,69,76)(H,70,72)(H,81,82);7,9-13,23,25-26,29,34-36H,8H2,1-6H3,(H2,32,39)(H,33,37)/t34-,36+,37+,38+,39+,40+,41+,42+,43+,44+,45+;23-,25+,26-,29+/m11/s1. The molecule has 2 aliphatic heterocycles. The van der Waals surface area contributed by atoms with Crippen LogP contribution in [0.15, 0.2) is 81.5 Å². The summed E-state index contributed by atoms with van der Waals surface area (Å²) in [5.74, 6) is -10.7. The summed E-state index contributed by atoms with van der Waals surface area (Å²) in [6.45, 7) is 15.0. The van der Waals surface area contributed by atoms with Gasteiger partial charge in [0.1, 0.15) is 77.6 Å². The van der Waals surface area contributed by atoms with Crippen LogP contribution in [0.5, 0.6) is 17.2 Å². The Hall–Kier alpha value is -10.3. The molecule has 0 bridgehead atoms. The van der Waals surface area contributed by atoms with Gasteiger partial charge in [0.2, 0.25) is 59.5 Å². The number of aliphatic carboxylic acids is 1. The third-order valence-corrected chi connectivity index (χ3v) is 23.5. The number of unbranched alkanes of at least 4 members (excludes halogenated alkanes) is 5. The number of carbonyl (C=O) groups excluding carboxylic acids is 11. The minimum absolute atomic E-state index is 0.00287. The van der Waals surface area contributed by atoms with Crippen molar-refractivity contribution >= 4 is 109 Å². The lowest BCUT2D eigenvalue weighted by atomic mass is 9.89. The van der Waals surface area contributed by atoms with Crippen molar-refractivity contribution in [3.8, 4) is 17.2 Å². The van der Waals surface area contributed by atoms with Crippen molar-refractivity contribution in [2.75, 3.05) is 56.7 Å². The molecule has 6 rings (SSSR count). The van der Waals surface area contributed by atoms with E-state index in [4.69, 9.17) is 63.5 Å². The number of aryl methyl sites for hydroxylation is 1. The number of hydrogen-bond donors (Lipinski definition) is 22. The molecule has 40 nitrogen and oxygen atoms in total. The van der Waals surface area contributed by atoms with Gasteiger partial charge in [0, 0.05) is 36.2 Å². The Kier molecular flexibility index (Phi) is 46.5. The molecule has 712 valence electrons. The average Bonchev–Trinajstić information content (AvgIpc) is 0.759. The fourth-order valence-electron chi connectivity index (χ4n) is 13.9. The van der Waals surface area contributed by atoms with Crippen LogP contribution < -0.4 is 104 Å². The number of fused-ring (bicyclic) bond motifs is 1. The maximum Gasteiger partial charge on any atom is 0.404 e. The Morgan fingerprint density at radius 1 is 0.656 bits per heavy atom. The normalized spacial score (nSPS) is 21.9. The number of aliphatic hydroxyl groups excluding tert-OH is 2. The number of anilines is 1. The molecule has 0 radical (unpaired) electrons. The second-order valence-electron chi connectivity index (χ2n) is 32.7. The number of methoxy groups -OCH3 is 1. The summed E-state index contributed by atoms with van der Waals surface area (Å²) in [5, 5.41) is 79.7. The highest BCUT2D eigenvalue weighted by Gasteiger charge is 2.53. The second kappa shape index (κ2) is 54.9. The molecular formula is C86H133N17O23S2. The molecule has 15 atom stereocenters. The number of nitrogens with one attached hydrogen (secondary N) is 10. The van der Waals surface area contributed by atoms with Crippen LogP contribution in [0, 0.1) is 12.8 Å². The van der Waals surface area contributed by atoms with Crippen LogP contribution in [0.4, 0.5) is 10.5 Å². The van der Waals surface area contributed by atoms with Gasteiger partial charge < -0.3 is 142 Å². The number of carboxylic acids is 1. The van der Waals surface area contributed by atoms with E-state index in [9.17, 15) is 87.9 Å². The van der Waals surface area contributed by atoms with E-state index in [0.29, 0.717) is 88.3 Å². The lowest BCUT2D eigenvalue weighted by Gasteiger charge is -2.47. The summed E-state index contributed by atoms with van der Waals surface area (Å²) in [5.41, 5.74) is 40.0. The molecule has 128 heavy (non-hydrogen) atoms. The first kappa shape index (κ1) is 108. The molecule has 4 aromatic rings. The first-order valence-electron chi connectivity index (χ1n) is 43.0. The number of carboxylic acid groups (broad SMARTS) is 1. The lowest BCUT2D eigenvalue weighted by Crippen LogP contribution is -2.65. The third kappa shape index (κ3) is 34.6. The van der Waals surface area contributed by atoms with Crippen LogP contribution in [0.2, 0.25) is 0 Å². The molecule has 0 spiro atoms. The Morgan fingerprint density at radius 2 is 1.19 bits per heavy atom. The number of benzene rings is 3. The number of phenols is 1. The van der Waals surface area contributed by atoms with Crippen molar-refractivity contribution < 1.29 is 106 Å². The predicted octanol–water partition coefficient (Wildman–Crippen LogP) is 1.10. The Balaban J connectivity index is 0.000000548. The van der Waals surface area contributed by atoms with Gasteiger partial charge in [-0.2, -0.15) is 0 Å². The number of amides is 11. The molecule has 2 saturated heterocycles. The predicted molar refractivity (Wildman–Crippen MR) is 483 cm³/mol. The minimum atomic E-state index is -1.57. The van der Waals surface area contributed by atoms with Crippen molar-refractivity contribution in [1.82, 2.24) is 47.9 Å². The molecule has 2 fully saturated rings. The topological polar surface area (TPSA) is 676 Å². The highest BCUT2D eigenvalue weighted by Crippen LogP contribution is 2.39. The number of allylic oxidation sites excluding steroid dienone is 2. The zero-order valence-corrected chi connectivity index (χ0v) is 75.8. The van der Waals surface area contributed by atoms with Crippen LogP contribution in [0.1, 0.15) is 178 Å². The highest BCUT2D eigenvalue weighted by molar-refractivity contribution is 8.76. The molecule has 0 unspecified atom stereocenters. The van der Waals surface area contributed by atoms with E-state index in [2.05, 4.69) is 53.2 Å². The number of ether oxygens (including phenoxy) is 4. The SMILES string of the molecule is CC(C)C[C@@H]1NC(=O)[C@H](Cc2ccccc2)NC(=O)[C@H](CCCCN)NC(=O)[C@@H](NC(=O)[C@H](CCCCN)NC(=O)[C@@H](NC(=O)[C@@H](N)CCCCN)[C@@H](C)O)CSSC[C@@H](C(=O)O)NC(=O)[C@H](CCCCN)NC(=O)[C@H](CCCCN)NC1=O.CO[C@@H]1[C@@H](OC(N)=O)[C@@H](O)[C@@H](Oc2ccc3c(O)c(NC(=O)c4ccc(O)c(CC=C(C)C)c4)c(=O)oc3c2C)OC1(C)C. The molecule has 3 aromatic carbocycles. The van der Waals surface area contributed by atoms with Crippen LogP contribution >= 0.6 is 21.6 Å². The van der Waals surface area contributed by atoms with E-state index in [1.807, 2.05) is 33.8 Å². The molecule has 0 saturated carbocycles. The van der Waals surface area contributed by atoms with Gasteiger partial charge in [-0.15, -0.1) is 0 Å². The van der Waals surface area contributed by atoms with Gasteiger partial charge in [0.05, 0.1) is 23.1 Å². The molecule has 0 aliphatic carbocycles. The van der Waals surface area contributed by atoms with Gasteiger partial charge >= 0.3 is 17.7 Å². The monoisotopic (exact) mass is 1840 g/mol. The van der Waals surface area contributed by atoms with E-state index >= 15 is 0 Å². The summed E-state index contributed by atoms with van der Waals surface area (Å²) in [6, 6.07) is 2.29. The average molecular weight is 1840 g/mol. The second-order valence-corrected chi connectivity index (χ2v) is 35.2. The molecule has 29 N–H and O–H groups in total. The number of rotatable bonds is 40. The molecule has 2 aliphatic rings. The number of hydrogen-bond acceptors (Lipinski definition) is 30. The van der Waals surface area contributed by atoms with Gasteiger partial charge in [-0.25, -0.2) is 14.4 Å². The van der Waals surface area contributed by atoms with Crippen molar-refractivity contribution in [3.63, 3.8) is 0 Å². The van der Waals surface area contributed by atoms with E-state index in [0.717, 1.165) is 27.2 Å². The first-order valence-corrected chi connectivity index (χ1v) is 45.5. The highest BCUT2D eigenvalue weighted by atomic mass is 33.1. The smallest absolute Gasteiger partial charge is 0.404 e. The largest absolute Gasteiger partial charge is 0.508 e. The summed E-state index contributed by atoms with van der Waals surface area (Å²) in [7, 11) is 3.23. The quantitative estimate of drug-likeness (QED) is 0.0128. The van der Waals surface area contributed by atoms with E-state index in [1.165, 1.54) is 44.4 Å². The lowest BCUT2D eigenvalue weighted by molar-refractivity contribution is -0.304. The summed E-state index contributed by atoms with van der Waals surface area (Å²) < 4.78 is 27.9. The Bertz CT molecular complexity index is 4430. The zero-order chi connectivity index (χ0) is 95.1. The Morgan fingerprint density at radius 3 is 1.73 bits per heavy atom. The Labute approximate surface area is 752 Å². The van der Waals surface area contributed by atoms with Gasteiger partial charge in [-0.05, 0) is 224 Å². The van der Waals surface area contributed by atoms with Gasteiger partial charge in [-0.1, -0.05) is 83.8 Å². The number of primary amides is 1.